The molecule has 0 unspecified atom stereocenters. The summed E-state index contributed by atoms with van der Waals surface area (Å²) in [5.41, 5.74) is 3.40. The van der Waals surface area contributed by atoms with Crippen LogP contribution >= 0.6 is 0 Å². The van der Waals surface area contributed by atoms with E-state index in [1.54, 1.807) is 12.1 Å². The number of nitrogens with zero attached hydrogens (tertiary/aromatic N) is 3. The molecule has 0 spiro atoms. The van der Waals surface area contributed by atoms with Gasteiger partial charge in [0.05, 0.1) is 38.4 Å². The Hall–Kier alpha value is -2.48. The molecule has 2 fully saturated rings. The van der Waals surface area contributed by atoms with E-state index >= 15 is 0 Å². The fourth-order valence-corrected chi connectivity index (χ4v) is 5.64. The first kappa shape index (κ1) is 21.4. The second-order valence-electron chi connectivity index (χ2n) is 8.99. The minimum Gasteiger partial charge on any atom is -0.394 e. The molecule has 0 aliphatic carbocycles. The van der Waals surface area contributed by atoms with Gasteiger partial charge in [-0.1, -0.05) is 24.3 Å². The highest BCUT2D eigenvalue weighted by atomic mass is 19.1. The molecule has 0 saturated carbocycles. The van der Waals surface area contributed by atoms with Gasteiger partial charge in [-0.15, -0.1) is 0 Å². The van der Waals surface area contributed by atoms with E-state index in [0.29, 0.717) is 31.9 Å². The number of morpholine rings is 1. The number of benzene rings is 2. The van der Waals surface area contributed by atoms with Crippen LogP contribution in [0.1, 0.15) is 18.0 Å². The molecule has 6 nitrogen and oxygen atoms in total. The van der Waals surface area contributed by atoms with Crippen molar-refractivity contribution in [2.75, 3.05) is 57.9 Å². The molecule has 0 aromatic heterocycles. The Labute approximate surface area is 188 Å². The van der Waals surface area contributed by atoms with Crippen LogP contribution in [0.5, 0.6) is 0 Å². The van der Waals surface area contributed by atoms with Crippen molar-refractivity contribution < 1.29 is 19.0 Å². The first-order valence-corrected chi connectivity index (χ1v) is 11.4. The van der Waals surface area contributed by atoms with E-state index in [9.17, 15) is 14.3 Å². The molecule has 3 atom stereocenters. The molecular formula is C25H30FN3O3. The fraction of sp³-hybridized carbons (Fsp3) is 0.480. The van der Waals surface area contributed by atoms with Gasteiger partial charge in [-0.05, 0) is 35.7 Å². The van der Waals surface area contributed by atoms with Crippen LogP contribution < -0.4 is 4.90 Å². The van der Waals surface area contributed by atoms with Crippen LogP contribution in [0.4, 0.5) is 10.1 Å². The zero-order chi connectivity index (χ0) is 22.2. The summed E-state index contributed by atoms with van der Waals surface area (Å²) >= 11 is 0. The van der Waals surface area contributed by atoms with Gasteiger partial charge in [-0.3, -0.25) is 9.69 Å². The molecule has 2 aromatic carbocycles. The highest BCUT2D eigenvalue weighted by Crippen LogP contribution is 2.49. The number of likely N-dealkylation sites (tertiary alicyclic amines) is 1. The summed E-state index contributed by atoms with van der Waals surface area (Å²) in [6.45, 7) is 3.95. The number of likely N-dealkylation sites (N-methyl/N-ethyl adjacent to an activating group) is 1. The van der Waals surface area contributed by atoms with Crippen LogP contribution in [0.15, 0.2) is 42.5 Å². The summed E-state index contributed by atoms with van der Waals surface area (Å²) in [6, 6.07) is 12.6. The minimum atomic E-state index is -0.256. The van der Waals surface area contributed by atoms with Crippen molar-refractivity contribution in [1.82, 2.24) is 9.80 Å². The van der Waals surface area contributed by atoms with E-state index in [-0.39, 0.29) is 36.3 Å². The molecule has 1 amide bonds. The van der Waals surface area contributed by atoms with E-state index in [0.717, 1.165) is 36.3 Å². The predicted octanol–water partition coefficient (Wildman–Crippen LogP) is 2.53. The van der Waals surface area contributed by atoms with Gasteiger partial charge in [-0.25, -0.2) is 4.39 Å². The lowest BCUT2D eigenvalue weighted by Gasteiger charge is -2.45. The SMILES string of the molecule is CN1c2ccc(-c3ccccc3F)cc2[C@@H]2[C@@H](CCN2C(=O)CN2CCOCC2)[C@@H]1CO. The first-order chi connectivity index (χ1) is 15.6. The van der Waals surface area contributed by atoms with E-state index in [2.05, 4.69) is 9.80 Å². The molecular weight excluding hydrogens is 409 g/mol. The summed E-state index contributed by atoms with van der Waals surface area (Å²) in [4.78, 5) is 19.6. The molecule has 0 bridgehead atoms. The minimum absolute atomic E-state index is 0.0394. The highest BCUT2D eigenvalue weighted by molar-refractivity contribution is 5.80. The number of hydrogen-bond acceptors (Lipinski definition) is 5. The van der Waals surface area contributed by atoms with E-state index < -0.39 is 0 Å². The number of halogens is 1. The molecule has 3 aliphatic heterocycles. The molecule has 2 aromatic rings. The van der Waals surface area contributed by atoms with Crippen LogP contribution in [0.3, 0.4) is 0 Å². The number of aliphatic hydroxyl groups is 1. The zero-order valence-corrected chi connectivity index (χ0v) is 18.4. The predicted molar refractivity (Wildman–Crippen MR) is 121 cm³/mol. The lowest BCUT2D eigenvalue weighted by Crippen LogP contribution is -2.50. The number of hydrogen-bond donors (Lipinski definition) is 1. The maximum absolute atomic E-state index is 14.5. The highest BCUT2D eigenvalue weighted by Gasteiger charge is 2.47. The van der Waals surface area contributed by atoms with Crippen LogP contribution in [-0.2, 0) is 9.53 Å². The van der Waals surface area contributed by atoms with Crippen molar-refractivity contribution in [3.63, 3.8) is 0 Å². The summed E-state index contributed by atoms with van der Waals surface area (Å²) < 4.78 is 19.9. The number of rotatable bonds is 4. The molecule has 3 aliphatic rings. The van der Waals surface area contributed by atoms with E-state index in [1.165, 1.54) is 6.07 Å². The van der Waals surface area contributed by atoms with Crippen molar-refractivity contribution in [3.8, 4) is 11.1 Å². The van der Waals surface area contributed by atoms with E-state index in [1.807, 2.05) is 36.2 Å². The normalized spacial score (nSPS) is 25.5. The van der Waals surface area contributed by atoms with Crippen LogP contribution in [0.25, 0.3) is 11.1 Å². The number of aliphatic hydroxyl groups excluding tert-OH is 1. The van der Waals surface area contributed by atoms with Crippen LogP contribution in [-0.4, -0.2) is 79.9 Å². The van der Waals surface area contributed by atoms with Crippen molar-refractivity contribution in [2.24, 2.45) is 5.92 Å². The third-order valence-electron chi connectivity index (χ3n) is 7.32. The lowest BCUT2D eigenvalue weighted by atomic mass is 9.81. The monoisotopic (exact) mass is 439 g/mol. The maximum atomic E-state index is 14.5. The van der Waals surface area contributed by atoms with Crippen molar-refractivity contribution in [1.29, 1.82) is 0 Å². The Morgan fingerprint density at radius 3 is 2.69 bits per heavy atom. The molecule has 2 saturated heterocycles. The number of ether oxygens (including phenoxy) is 1. The summed E-state index contributed by atoms with van der Waals surface area (Å²) in [5.74, 6) is -0.00188. The average molecular weight is 440 g/mol. The molecule has 32 heavy (non-hydrogen) atoms. The second-order valence-corrected chi connectivity index (χ2v) is 8.99. The standard InChI is InChI=1S/C25H30FN3O3/c1-27-22-7-6-17(18-4-2-3-5-21(18)26)14-20(22)25-19(23(27)16-30)8-9-29(25)24(31)15-28-10-12-32-13-11-28/h2-7,14,19,23,25,30H,8-13,15-16H2,1H3/t19-,23-,25-/m0/s1. The van der Waals surface area contributed by atoms with Gasteiger partial charge < -0.3 is 19.6 Å². The van der Waals surface area contributed by atoms with Gasteiger partial charge in [0.25, 0.3) is 0 Å². The Kier molecular flexibility index (Phi) is 5.88. The molecule has 3 heterocycles. The van der Waals surface area contributed by atoms with Gasteiger partial charge in [0.2, 0.25) is 5.91 Å². The largest absolute Gasteiger partial charge is 0.394 e. The van der Waals surface area contributed by atoms with Gasteiger partial charge in [0.15, 0.2) is 0 Å². The number of fused-ring (bicyclic) bond motifs is 3. The Morgan fingerprint density at radius 1 is 1.16 bits per heavy atom. The van der Waals surface area contributed by atoms with Gasteiger partial charge in [-0.2, -0.15) is 0 Å². The average Bonchev–Trinajstić information content (AvgIpc) is 3.25. The number of carbonyl (C=O) groups is 1. The third kappa shape index (κ3) is 3.68. The Balaban J connectivity index is 1.51. The summed E-state index contributed by atoms with van der Waals surface area (Å²) in [5, 5.41) is 10.2. The maximum Gasteiger partial charge on any atom is 0.237 e. The number of anilines is 1. The van der Waals surface area contributed by atoms with Crippen molar-refractivity contribution in [3.05, 3.63) is 53.8 Å². The third-order valence-corrected chi connectivity index (χ3v) is 7.32. The Morgan fingerprint density at radius 2 is 1.94 bits per heavy atom. The van der Waals surface area contributed by atoms with Gasteiger partial charge in [0.1, 0.15) is 5.82 Å². The first-order valence-electron chi connectivity index (χ1n) is 11.4. The smallest absolute Gasteiger partial charge is 0.237 e. The second kappa shape index (κ2) is 8.81. The van der Waals surface area contributed by atoms with E-state index in [4.69, 9.17) is 4.74 Å². The lowest BCUT2D eigenvalue weighted by molar-refractivity contribution is -0.135. The van der Waals surface area contributed by atoms with Crippen LogP contribution in [0, 0.1) is 11.7 Å². The fourth-order valence-electron chi connectivity index (χ4n) is 5.64. The molecule has 0 radical (unpaired) electrons. The topological polar surface area (TPSA) is 56.2 Å². The van der Waals surface area contributed by atoms with Crippen molar-refractivity contribution in [2.45, 2.75) is 18.5 Å². The van der Waals surface area contributed by atoms with Crippen molar-refractivity contribution >= 4 is 11.6 Å². The number of carbonyl (C=O) groups excluding carboxylic acids is 1. The molecule has 170 valence electrons. The zero-order valence-electron chi connectivity index (χ0n) is 18.4. The van der Waals surface area contributed by atoms with Gasteiger partial charge >= 0.3 is 0 Å². The van der Waals surface area contributed by atoms with Gasteiger partial charge in [0, 0.05) is 43.9 Å². The summed E-state index contributed by atoms with van der Waals surface area (Å²) in [7, 11) is 2.00. The molecule has 5 rings (SSSR count). The summed E-state index contributed by atoms with van der Waals surface area (Å²) in [6.07, 6.45) is 0.846. The quantitative estimate of drug-likeness (QED) is 0.794. The number of amides is 1. The van der Waals surface area contributed by atoms with Crippen LogP contribution in [0.2, 0.25) is 0 Å². The Bertz CT molecular complexity index is 994. The molecule has 7 heteroatoms. The molecule has 1 N–H and O–H groups in total.